The van der Waals surface area contributed by atoms with E-state index < -0.39 is 0 Å². The summed E-state index contributed by atoms with van der Waals surface area (Å²) in [5.74, 6) is 1.85. The number of aryl methyl sites for hydroxylation is 1. The van der Waals surface area contributed by atoms with E-state index in [1.807, 2.05) is 30.3 Å². The molecule has 3 aromatic rings. The van der Waals surface area contributed by atoms with Crippen LogP contribution in [0.3, 0.4) is 0 Å². The van der Waals surface area contributed by atoms with Crippen molar-refractivity contribution in [2.24, 2.45) is 0 Å². The quantitative estimate of drug-likeness (QED) is 0.790. The molecule has 25 heavy (non-hydrogen) atoms. The Bertz CT molecular complexity index is 918. The van der Waals surface area contributed by atoms with E-state index in [2.05, 4.69) is 10.3 Å². The standard InChI is InChI=1S/C19H16N2O4/c1-12-17(21-19(25-12)13-5-3-2-4-6-13)18(22)20-14-7-8-15-16(11-14)24-10-9-23-15/h2-8,11H,9-10H2,1H3,(H,20,22). The minimum atomic E-state index is -0.333. The maximum absolute atomic E-state index is 12.5. The van der Waals surface area contributed by atoms with E-state index in [9.17, 15) is 4.79 Å². The minimum absolute atomic E-state index is 0.258. The van der Waals surface area contributed by atoms with Crippen molar-refractivity contribution in [3.8, 4) is 23.0 Å². The molecule has 0 unspecified atom stereocenters. The highest BCUT2D eigenvalue weighted by Gasteiger charge is 2.19. The van der Waals surface area contributed by atoms with Gasteiger partial charge in [0.05, 0.1) is 0 Å². The maximum Gasteiger partial charge on any atom is 0.277 e. The number of carbonyl (C=O) groups is 1. The molecule has 0 atom stereocenters. The second-order valence-corrected chi connectivity index (χ2v) is 5.60. The van der Waals surface area contributed by atoms with Gasteiger partial charge in [0.2, 0.25) is 5.89 Å². The number of anilines is 1. The molecule has 0 bridgehead atoms. The lowest BCUT2D eigenvalue weighted by molar-refractivity contribution is 0.102. The summed E-state index contributed by atoms with van der Waals surface area (Å²) >= 11 is 0. The number of carbonyl (C=O) groups excluding carboxylic acids is 1. The van der Waals surface area contributed by atoms with Gasteiger partial charge in [0.1, 0.15) is 19.0 Å². The first-order valence-corrected chi connectivity index (χ1v) is 7.94. The van der Waals surface area contributed by atoms with Gasteiger partial charge < -0.3 is 19.2 Å². The predicted octanol–water partition coefficient (Wildman–Crippen LogP) is 3.67. The van der Waals surface area contributed by atoms with Crippen LogP contribution >= 0.6 is 0 Å². The molecule has 2 aromatic carbocycles. The number of benzene rings is 2. The van der Waals surface area contributed by atoms with Crippen LogP contribution in [0.15, 0.2) is 52.9 Å². The highest BCUT2D eigenvalue weighted by Crippen LogP contribution is 2.33. The number of hydrogen-bond donors (Lipinski definition) is 1. The number of oxazole rings is 1. The van der Waals surface area contributed by atoms with E-state index >= 15 is 0 Å². The van der Waals surface area contributed by atoms with Gasteiger partial charge in [-0.1, -0.05) is 18.2 Å². The van der Waals surface area contributed by atoms with Crippen LogP contribution in [0.2, 0.25) is 0 Å². The molecule has 0 spiro atoms. The number of amides is 1. The average molecular weight is 336 g/mol. The van der Waals surface area contributed by atoms with E-state index in [1.54, 1.807) is 25.1 Å². The SMILES string of the molecule is Cc1oc(-c2ccccc2)nc1C(=O)Nc1ccc2c(c1)OCCO2. The highest BCUT2D eigenvalue weighted by molar-refractivity contribution is 6.04. The number of aromatic nitrogens is 1. The Morgan fingerprint density at radius 1 is 1.04 bits per heavy atom. The molecule has 0 aliphatic carbocycles. The van der Waals surface area contributed by atoms with E-state index in [4.69, 9.17) is 13.9 Å². The highest BCUT2D eigenvalue weighted by atomic mass is 16.6. The van der Waals surface area contributed by atoms with Crippen molar-refractivity contribution in [3.05, 3.63) is 60.0 Å². The Morgan fingerprint density at radius 2 is 1.80 bits per heavy atom. The van der Waals surface area contributed by atoms with Gasteiger partial charge in [0, 0.05) is 17.3 Å². The van der Waals surface area contributed by atoms with Gasteiger partial charge in [-0.3, -0.25) is 4.79 Å². The maximum atomic E-state index is 12.5. The lowest BCUT2D eigenvalue weighted by Crippen LogP contribution is -2.17. The molecule has 0 saturated heterocycles. The molecule has 0 fully saturated rings. The third-order valence-electron chi connectivity index (χ3n) is 3.83. The molecule has 6 nitrogen and oxygen atoms in total. The van der Waals surface area contributed by atoms with Gasteiger partial charge in [0.15, 0.2) is 17.2 Å². The molecule has 6 heteroatoms. The third kappa shape index (κ3) is 3.06. The lowest BCUT2D eigenvalue weighted by Gasteiger charge is -2.18. The number of fused-ring (bicyclic) bond motifs is 1. The van der Waals surface area contributed by atoms with E-state index in [1.165, 1.54) is 0 Å². The normalized spacial score (nSPS) is 12.7. The molecule has 4 rings (SSSR count). The largest absolute Gasteiger partial charge is 0.486 e. The summed E-state index contributed by atoms with van der Waals surface area (Å²) in [6.07, 6.45) is 0. The first-order chi connectivity index (χ1) is 12.2. The van der Waals surface area contributed by atoms with Crippen LogP contribution in [0.5, 0.6) is 11.5 Å². The average Bonchev–Trinajstić information content (AvgIpc) is 3.04. The predicted molar refractivity (Wildman–Crippen MR) is 92.1 cm³/mol. The van der Waals surface area contributed by atoms with Gasteiger partial charge in [-0.2, -0.15) is 0 Å². The first-order valence-electron chi connectivity index (χ1n) is 7.94. The fourth-order valence-electron chi connectivity index (χ4n) is 2.62. The summed E-state index contributed by atoms with van der Waals surface area (Å²) < 4.78 is 16.6. The Kier molecular flexibility index (Phi) is 3.85. The van der Waals surface area contributed by atoms with Crippen molar-refractivity contribution in [2.45, 2.75) is 6.92 Å². The van der Waals surface area contributed by atoms with Gasteiger partial charge >= 0.3 is 0 Å². The van der Waals surface area contributed by atoms with Crippen molar-refractivity contribution in [1.29, 1.82) is 0 Å². The van der Waals surface area contributed by atoms with Crippen LogP contribution in [-0.4, -0.2) is 24.1 Å². The number of hydrogen-bond acceptors (Lipinski definition) is 5. The smallest absolute Gasteiger partial charge is 0.277 e. The van der Waals surface area contributed by atoms with Crippen LogP contribution in [0.1, 0.15) is 16.2 Å². The molecule has 0 radical (unpaired) electrons. The van der Waals surface area contributed by atoms with Crippen LogP contribution in [-0.2, 0) is 0 Å². The zero-order valence-corrected chi connectivity index (χ0v) is 13.6. The van der Waals surface area contributed by atoms with E-state index in [0.717, 1.165) is 5.56 Å². The van der Waals surface area contributed by atoms with Crippen LogP contribution in [0.4, 0.5) is 5.69 Å². The number of rotatable bonds is 3. The van der Waals surface area contributed by atoms with Gasteiger partial charge in [-0.25, -0.2) is 4.98 Å². The molecule has 126 valence electrons. The number of ether oxygens (including phenoxy) is 2. The molecule has 1 aliphatic rings. The summed E-state index contributed by atoms with van der Waals surface area (Å²) in [7, 11) is 0. The van der Waals surface area contributed by atoms with Gasteiger partial charge in [0.25, 0.3) is 5.91 Å². The molecule has 0 saturated carbocycles. The van der Waals surface area contributed by atoms with Crippen molar-refractivity contribution >= 4 is 11.6 Å². The number of nitrogens with one attached hydrogen (secondary N) is 1. The van der Waals surface area contributed by atoms with E-state index in [-0.39, 0.29) is 11.6 Å². The Hall–Kier alpha value is -3.28. The Labute approximate surface area is 144 Å². The second-order valence-electron chi connectivity index (χ2n) is 5.60. The van der Waals surface area contributed by atoms with E-state index in [0.29, 0.717) is 42.1 Å². The fraction of sp³-hybridized carbons (Fsp3) is 0.158. The lowest BCUT2D eigenvalue weighted by atomic mass is 10.2. The Morgan fingerprint density at radius 3 is 2.60 bits per heavy atom. The van der Waals surface area contributed by atoms with Crippen molar-refractivity contribution in [1.82, 2.24) is 4.98 Å². The topological polar surface area (TPSA) is 73.6 Å². The fourth-order valence-corrected chi connectivity index (χ4v) is 2.62. The summed E-state index contributed by atoms with van der Waals surface area (Å²) in [5, 5.41) is 2.82. The molecule has 1 N–H and O–H groups in total. The zero-order valence-electron chi connectivity index (χ0n) is 13.6. The Balaban J connectivity index is 1.56. The molecule has 2 heterocycles. The summed E-state index contributed by atoms with van der Waals surface area (Å²) in [4.78, 5) is 16.9. The van der Waals surface area contributed by atoms with Crippen molar-refractivity contribution in [3.63, 3.8) is 0 Å². The van der Waals surface area contributed by atoms with Crippen LogP contribution < -0.4 is 14.8 Å². The third-order valence-corrected chi connectivity index (χ3v) is 3.83. The summed E-state index contributed by atoms with van der Waals surface area (Å²) in [5.41, 5.74) is 1.69. The summed E-state index contributed by atoms with van der Waals surface area (Å²) in [6.45, 7) is 2.74. The van der Waals surface area contributed by atoms with Crippen molar-refractivity contribution in [2.75, 3.05) is 18.5 Å². The van der Waals surface area contributed by atoms with Crippen LogP contribution in [0.25, 0.3) is 11.5 Å². The molecule has 1 aromatic heterocycles. The van der Waals surface area contributed by atoms with Crippen LogP contribution in [0, 0.1) is 6.92 Å². The molecule has 1 amide bonds. The van der Waals surface area contributed by atoms with Gasteiger partial charge in [-0.15, -0.1) is 0 Å². The zero-order chi connectivity index (χ0) is 17.2. The molecule has 1 aliphatic heterocycles. The molecular formula is C19H16N2O4. The monoisotopic (exact) mass is 336 g/mol. The summed E-state index contributed by atoms with van der Waals surface area (Å²) in [6, 6.07) is 14.7. The van der Waals surface area contributed by atoms with Crippen molar-refractivity contribution < 1.29 is 18.7 Å². The molecular weight excluding hydrogens is 320 g/mol. The number of nitrogens with zero attached hydrogens (tertiary/aromatic N) is 1. The van der Waals surface area contributed by atoms with Gasteiger partial charge in [-0.05, 0) is 31.2 Å². The second kappa shape index (κ2) is 6.32. The minimum Gasteiger partial charge on any atom is -0.486 e. The first kappa shape index (κ1) is 15.3.